The van der Waals surface area contributed by atoms with Gasteiger partial charge >= 0.3 is 0 Å². The van der Waals surface area contributed by atoms with Crippen molar-refractivity contribution in [1.82, 2.24) is 15.0 Å². The highest BCUT2D eigenvalue weighted by atomic mass is 35.5. The molecule has 13 heavy (non-hydrogen) atoms. The fourth-order valence-corrected chi connectivity index (χ4v) is 0.826. The van der Waals surface area contributed by atoms with Crippen molar-refractivity contribution in [2.24, 2.45) is 0 Å². The molecule has 0 aromatic carbocycles. The summed E-state index contributed by atoms with van der Waals surface area (Å²) in [5.74, 6) is 3.48. The molecule has 0 aliphatic heterocycles. The van der Waals surface area contributed by atoms with Crippen molar-refractivity contribution in [2.75, 3.05) is 17.6 Å². The van der Waals surface area contributed by atoms with Crippen LogP contribution in [-0.2, 0) is 5.88 Å². The Bertz CT molecular complexity index is 332. The number of aromatic nitrogens is 3. The lowest BCUT2D eigenvalue weighted by Crippen LogP contribution is -2.09. The van der Waals surface area contributed by atoms with Crippen LogP contribution in [0.3, 0.4) is 0 Å². The van der Waals surface area contributed by atoms with Crippen molar-refractivity contribution in [1.29, 1.82) is 0 Å². The topological polar surface area (TPSA) is 76.7 Å². The maximum atomic E-state index is 5.53. The van der Waals surface area contributed by atoms with Crippen LogP contribution in [0.2, 0.25) is 0 Å². The molecule has 0 aliphatic carbocycles. The number of nitrogens with one attached hydrogen (secondary N) is 1. The SMILES string of the molecule is C#CCNc1nc(N)nc(CCl)n1. The van der Waals surface area contributed by atoms with E-state index < -0.39 is 0 Å². The molecule has 0 radical (unpaired) electrons. The van der Waals surface area contributed by atoms with E-state index in [9.17, 15) is 0 Å². The van der Waals surface area contributed by atoms with Crippen LogP contribution >= 0.6 is 11.6 Å². The molecule has 0 saturated heterocycles. The molecule has 0 bridgehead atoms. The summed E-state index contributed by atoms with van der Waals surface area (Å²) in [7, 11) is 0. The number of hydrogen-bond donors (Lipinski definition) is 2. The van der Waals surface area contributed by atoms with Gasteiger partial charge in [0.1, 0.15) is 0 Å². The molecule has 1 aromatic rings. The van der Waals surface area contributed by atoms with Crippen LogP contribution in [0.4, 0.5) is 11.9 Å². The number of halogens is 1. The van der Waals surface area contributed by atoms with E-state index in [-0.39, 0.29) is 11.8 Å². The van der Waals surface area contributed by atoms with Crippen molar-refractivity contribution in [3.63, 3.8) is 0 Å². The maximum Gasteiger partial charge on any atom is 0.228 e. The summed E-state index contributed by atoms with van der Waals surface area (Å²) in [6.45, 7) is 0.338. The molecule has 68 valence electrons. The molecule has 5 nitrogen and oxygen atoms in total. The molecule has 6 heteroatoms. The number of nitrogens with zero attached hydrogens (tertiary/aromatic N) is 3. The lowest BCUT2D eigenvalue weighted by molar-refractivity contribution is 0.969. The molecule has 0 amide bonds. The Morgan fingerprint density at radius 2 is 2.23 bits per heavy atom. The number of alkyl halides is 1. The molecule has 0 fully saturated rings. The van der Waals surface area contributed by atoms with E-state index in [1.807, 2.05) is 0 Å². The van der Waals surface area contributed by atoms with E-state index in [2.05, 4.69) is 26.2 Å². The van der Waals surface area contributed by atoms with Crippen LogP contribution < -0.4 is 11.1 Å². The number of nitrogen functional groups attached to an aromatic ring is 1. The summed E-state index contributed by atoms with van der Waals surface area (Å²) in [4.78, 5) is 11.6. The van der Waals surface area contributed by atoms with Crippen molar-refractivity contribution < 1.29 is 0 Å². The largest absolute Gasteiger partial charge is 0.368 e. The zero-order chi connectivity index (χ0) is 9.68. The van der Waals surface area contributed by atoms with Crippen LogP contribution in [0, 0.1) is 12.3 Å². The Morgan fingerprint density at radius 1 is 1.46 bits per heavy atom. The van der Waals surface area contributed by atoms with Crippen LogP contribution in [0.25, 0.3) is 0 Å². The van der Waals surface area contributed by atoms with Gasteiger partial charge in [-0.25, -0.2) is 0 Å². The number of rotatable bonds is 3. The van der Waals surface area contributed by atoms with Crippen molar-refractivity contribution in [2.45, 2.75) is 5.88 Å². The Balaban J connectivity index is 2.83. The van der Waals surface area contributed by atoms with Gasteiger partial charge in [-0.1, -0.05) is 5.92 Å². The first-order chi connectivity index (χ1) is 6.26. The van der Waals surface area contributed by atoms with Gasteiger partial charge in [0.15, 0.2) is 5.82 Å². The van der Waals surface area contributed by atoms with E-state index in [0.29, 0.717) is 18.3 Å². The first-order valence-corrected chi connectivity index (χ1v) is 4.03. The Labute approximate surface area is 80.7 Å². The van der Waals surface area contributed by atoms with Crippen molar-refractivity contribution >= 4 is 23.5 Å². The number of hydrogen-bond acceptors (Lipinski definition) is 5. The highest BCUT2D eigenvalue weighted by molar-refractivity contribution is 6.16. The number of anilines is 2. The average molecular weight is 198 g/mol. The van der Waals surface area contributed by atoms with E-state index in [0.717, 1.165) is 0 Å². The fourth-order valence-electron chi connectivity index (χ4n) is 0.707. The van der Waals surface area contributed by atoms with E-state index in [1.165, 1.54) is 0 Å². The predicted molar refractivity (Wildman–Crippen MR) is 51.1 cm³/mol. The summed E-state index contributed by atoms with van der Waals surface area (Å²) in [6, 6.07) is 0. The summed E-state index contributed by atoms with van der Waals surface area (Å²) >= 11 is 5.53. The van der Waals surface area contributed by atoms with Gasteiger partial charge in [0.05, 0.1) is 12.4 Å². The molecule has 3 N–H and O–H groups in total. The van der Waals surface area contributed by atoms with Gasteiger partial charge in [-0.05, 0) is 0 Å². The quantitative estimate of drug-likeness (QED) is 0.536. The second kappa shape index (κ2) is 4.48. The number of terminal acetylenes is 1. The molecule has 0 atom stereocenters. The average Bonchev–Trinajstić information content (AvgIpc) is 2.14. The van der Waals surface area contributed by atoms with Crippen LogP contribution in [0.1, 0.15) is 5.82 Å². The molecule has 1 rings (SSSR count). The van der Waals surface area contributed by atoms with Crippen LogP contribution in [0.15, 0.2) is 0 Å². The summed E-state index contributed by atoms with van der Waals surface area (Å²) in [5, 5.41) is 2.77. The molecule has 1 aromatic heterocycles. The van der Waals surface area contributed by atoms with Gasteiger partial charge < -0.3 is 11.1 Å². The maximum absolute atomic E-state index is 5.53. The van der Waals surface area contributed by atoms with Gasteiger partial charge in [-0.3, -0.25) is 0 Å². The minimum Gasteiger partial charge on any atom is -0.368 e. The minimum absolute atomic E-state index is 0.130. The van der Waals surface area contributed by atoms with Gasteiger partial charge in [-0.15, -0.1) is 18.0 Å². The second-order valence-electron chi connectivity index (χ2n) is 2.12. The molecule has 0 saturated carbocycles. The van der Waals surface area contributed by atoms with Crippen molar-refractivity contribution in [3.8, 4) is 12.3 Å². The third-order valence-corrected chi connectivity index (χ3v) is 1.41. The molecule has 0 aliphatic rings. The van der Waals surface area contributed by atoms with E-state index in [4.69, 9.17) is 23.8 Å². The molecular weight excluding hydrogens is 190 g/mol. The zero-order valence-electron chi connectivity index (χ0n) is 6.79. The molecule has 0 spiro atoms. The van der Waals surface area contributed by atoms with Crippen LogP contribution in [-0.4, -0.2) is 21.5 Å². The third-order valence-electron chi connectivity index (χ3n) is 1.17. The molecule has 1 heterocycles. The predicted octanol–water partition coefficient (Wildman–Crippen LogP) is 0.238. The lowest BCUT2D eigenvalue weighted by Gasteiger charge is -2.02. The van der Waals surface area contributed by atoms with Crippen molar-refractivity contribution in [3.05, 3.63) is 5.82 Å². The Kier molecular flexibility index (Phi) is 3.29. The van der Waals surface area contributed by atoms with E-state index in [1.54, 1.807) is 0 Å². The van der Waals surface area contributed by atoms with Crippen LogP contribution in [0.5, 0.6) is 0 Å². The van der Waals surface area contributed by atoms with Gasteiger partial charge in [-0.2, -0.15) is 15.0 Å². The van der Waals surface area contributed by atoms with E-state index >= 15 is 0 Å². The molecule has 0 unspecified atom stereocenters. The standard InChI is InChI=1S/C7H8ClN5/c1-2-3-10-7-12-5(4-8)11-6(9)13-7/h1H,3-4H2,(H3,9,10,11,12,13). The lowest BCUT2D eigenvalue weighted by atomic mass is 10.6. The normalized spacial score (nSPS) is 9.23. The summed E-state index contributed by atoms with van der Waals surface area (Å²) in [6.07, 6.45) is 5.04. The second-order valence-corrected chi connectivity index (χ2v) is 2.39. The first-order valence-electron chi connectivity index (χ1n) is 3.50. The zero-order valence-corrected chi connectivity index (χ0v) is 7.54. The Hall–Kier alpha value is -1.54. The minimum atomic E-state index is 0.130. The Morgan fingerprint density at radius 3 is 2.85 bits per heavy atom. The van der Waals surface area contributed by atoms with Gasteiger partial charge in [0.25, 0.3) is 0 Å². The summed E-state index contributed by atoms with van der Waals surface area (Å²) in [5.41, 5.74) is 5.39. The highest BCUT2D eigenvalue weighted by Gasteiger charge is 2.01. The third kappa shape index (κ3) is 2.76. The van der Waals surface area contributed by atoms with Gasteiger partial charge in [0, 0.05) is 0 Å². The smallest absolute Gasteiger partial charge is 0.228 e. The molecular formula is C7H8ClN5. The first kappa shape index (κ1) is 9.55. The highest BCUT2D eigenvalue weighted by Crippen LogP contribution is 2.03. The monoisotopic (exact) mass is 197 g/mol. The number of nitrogens with two attached hydrogens (primary N) is 1. The summed E-state index contributed by atoms with van der Waals surface area (Å²) < 4.78 is 0. The van der Waals surface area contributed by atoms with Gasteiger partial charge in [0.2, 0.25) is 11.9 Å². The fraction of sp³-hybridized carbons (Fsp3) is 0.286.